The van der Waals surface area contributed by atoms with Gasteiger partial charge in [-0.15, -0.1) is 0 Å². The molecule has 2 fully saturated rings. The quantitative estimate of drug-likeness (QED) is 0.914. The van der Waals surface area contributed by atoms with Crippen LogP contribution >= 0.6 is 0 Å². The predicted octanol–water partition coefficient (Wildman–Crippen LogP) is 2.45. The van der Waals surface area contributed by atoms with Crippen molar-refractivity contribution in [2.24, 2.45) is 0 Å². The smallest absolute Gasteiger partial charge is 0.223 e. The highest BCUT2D eigenvalue weighted by Gasteiger charge is 2.50. The molecule has 0 spiro atoms. The van der Waals surface area contributed by atoms with Crippen molar-refractivity contribution in [1.29, 1.82) is 0 Å². The average molecular weight is 297 g/mol. The molecule has 4 nitrogen and oxygen atoms in total. The second-order valence-corrected chi connectivity index (χ2v) is 6.72. The van der Waals surface area contributed by atoms with Crippen molar-refractivity contribution in [3.05, 3.63) is 36.0 Å². The monoisotopic (exact) mass is 297 g/mol. The van der Waals surface area contributed by atoms with Crippen LogP contribution in [0.3, 0.4) is 0 Å². The molecule has 1 aromatic heterocycles. The van der Waals surface area contributed by atoms with Gasteiger partial charge in [0.15, 0.2) is 0 Å². The van der Waals surface area contributed by atoms with Crippen LogP contribution in [0.4, 0.5) is 0 Å². The van der Waals surface area contributed by atoms with Gasteiger partial charge in [0.05, 0.1) is 5.54 Å². The topological polar surface area (TPSA) is 48.1 Å². The summed E-state index contributed by atoms with van der Waals surface area (Å²) in [4.78, 5) is 18.2. The van der Waals surface area contributed by atoms with E-state index in [1.165, 1.54) is 16.6 Å². The second-order valence-electron chi connectivity index (χ2n) is 6.72. The Morgan fingerprint density at radius 3 is 3.09 bits per heavy atom. The Bertz CT molecular complexity index is 670. The predicted molar refractivity (Wildman–Crippen MR) is 87.8 cm³/mol. The fourth-order valence-electron chi connectivity index (χ4n) is 4.37. The molecule has 4 rings (SSSR count). The Morgan fingerprint density at radius 1 is 1.41 bits per heavy atom. The number of amides is 1. The molecule has 2 bridgehead atoms. The third-order valence-corrected chi connectivity index (χ3v) is 5.33. The summed E-state index contributed by atoms with van der Waals surface area (Å²) in [6.07, 6.45) is 3.74. The van der Waals surface area contributed by atoms with Crippen LogP contribution in [0.2, 0.25) is 0 Å². The van der Waals surface area contributed by atoms with Crippen molar-refractivity contribution >= 4 is 16.8 Å². The van der Waals surface area contributed by atoms with Crippen molar-refractivity contribution in [3.63, 3.8) is 0 Å². The number of fused-ring (bicyclic) bond motifs is 3. The highest BCUT2D eigenvalue weighted by atomic mass is 16.2. The van der Waals surface area contributed by atoms with E-state index in [1.807, 2.05) is 6.92 Å². The van der Waals surface area contributed by atoms with Gasteiger partial charge < -0.3 is 15.2 Å². The number of rotatable bonds is 3. The molecule has 22 heavy (non-hydrogen) atoms. The minimum Gasteiger partial charge on any atom is -0.358 e. The first-order valence-electron chi connectivity index (χ1n) is 8.31. The number of nitrogens with zero attached hydrogens (tertiary/aromatic N) is 1. The lowest BCUT2D eigenvalue weighted by Gasteiger charge is -2.45. The fraction of sp³-hybridized carbons (Fsp3) is 0.500. The van der Waals surface area contributed by atoms with E-state index in [0.29, 0.717) is 18.4 Å². The van der Waals surface area contributed by atoms with Crippen LogP contribution in [0.15, 0.2) is 30.3 Å². The van der Waals surface area contributed by atoms with E-state index in [2.05, 4.69) is 45.5 Å². The molecule has 2 unspecified atom stereocenters. The first kappa shape index (κ1) is 13.8. The molecule has 2 saturated heterocycles. The van der Waals surface area contributed by atoms with Crippen LogP contribution in [0.1, 0.15) is 31.9 Å². The number of para-hydroxylation sites is 1. The zero-order valence-electron chi connectivity index (χ0n) is 13.1. The molecular formula is C18H23N3O. The van der Waals surface area contributed by atoms with Crippen molar-refractivity contribution < 1.29 is 4.79 Å². The molecule has 1 amide bonds. The van der Waals surface area contributed by atoms with Crippen LogP contribution in [0, 0.1) is 0 Å². The zero-order valence-corrected chi connectivity index (χ0v) is 13.1. The number of H-pyrrole nitrogens is 1. The summed E-state index contributed by atoms with van der Waals surface area (Å²) in [5.41, 5.74) is 2.37. The summed E-state index contributed by atoms with van der Waals surface area (Å²) in [7, 11) is 0. The van der Waals surface area contributed by atoms with Gasteiger partial charge in [0, 0.05) is 43.2 Å². The van der Waals surface area contributed by atoms with Crippen LogP contribution in [0.5, 0.6) is 0 Å². The van der Waals surface area contributed by atoms with Gasteiger partial charge in [-0.05, 0) is 30.4 Å². The number of nitrogens with one attached hydrogen (secondary N) is 2. The molecular weight excluding hydrogens is 274 g/mol. The Labute approximate surface area is 130 Å². The number of carbonyl (C=O) groups excluding carboxylic acids is 1. The Kier molecular flexibility index (Phi) is 3.22. The Balaban J connectivity index is 1.68. The maximum absolute atomic E-state index is 12.5. The zero-order chi connectivity index (χ0) is 15.2. The molecule has 4 heteroatoms. The largest absolute Gasteiger partial charge is 0.358 e. The molecule has 2 aliphatic heterocycles. The Hall–Kier alpha value is -1.81. The lowest BCUT2D eigenvalue weighted by Crippen LogP contribution is -2.63. The van der Waals surface area contributed by atoms with Crippen LogP contribution < -0.4 is 5.32 Å². The highest BCUT2D eigenvalue weighted by molar-refractivity contribution is 5.80. The van der Waals surface area contributed by atoms with Gasteiger partial charge >= 0.3 is 0 Å². The van der Waals surface area contributed by atoms with Gasteiger partial charge in [0.2, 0.25) is 5.91 Å². The molecule has 2 atom stereocenters. The average Bonchev–Trinajstić information content (AvgIpc) is 3.02. The highest BCUT2D eigenvalue weighted by Crippen LogP contribution is 2.39. The number of piperazine rings is 1. The van der Waals surface area contributed by atoms with E-state index >= 15 is 0 Å². The van der Waals surface area contributed by atoms with Gasteiger partial charge in [0.1, 0.15) is 0 Å². The number of hydrogen-bond donors (Lipinski definition) is 2. The van der Waals surface area contributed by atoms with E-state index in [0.717, 1.165) is 32.4 Å². The molecule has 0 aliphatic carbocycles. The minimum absolute atomic E-state index is 0.0448. The molecule has 2 N–H and O–H groups in total. The van der Waals surface area contributed by atoms with E-state index in [9.17, 15) is 4.79 Å². The lowest BCUT2D eigenvalue weighted by molar-refractivity contribution is -0.139. The number of carbonyl (C=O) groups is 1. The van der Waals surface area contributed by atoms with E-state index in [1.54, 1.807) is 0 Å². The van der Waals surface area contributed by atoms with Crippen LogP contribution in [-0.4, -0.2) is 40.5 Å². The van der Waals surface area contributed by atoms with Crippen molar-refractivity contribution in [2.45, 2.75) is 44.2 Å². The van der Waals surface area contributed by atoms with Crippen LogP contribution in [0.25, 0.3) is 10.9 Å². The van der Waals surface area contributed by atoms with E-state index < -0.39 is 0 Å². The van der Waals surface area contributed by atoms with E-state index in [4.69, 9.17) is 0 Å². The summed E-state index contributed by atoms with van der Waals surface area (Å²) in [6.45, 7) is 3.82. The SMILES string of the molecule is CCC(=O)N1C2CCC1(Cc1cc3ccccc3[nH]1)CNC2. The number of hydrogen-bond acceptors (Lipinski definition) is 2. The fourth-order valence-corrected chi connectivity index (χ4v) is 4.37. The third kappa shape index (κ3) is 2.05. The maximum Gasteiger partial charge on any atom is 0.223 e. The third-order valence-electron chi connectivity index (χ3n) is 5.33. The van der Waals surface area contributed by atoms with Gasteiger partial charge in [0.25, 0.3) is 0 Å². The van der Waals surface area contributed by atoms with Gasteiger partial charge in [-0.1, -0.05) is 25.1 Å². The number of aromatic amines is 1. The van der Waals surface area contributed by atoms with Gasteiger partial charge in [-0.2, -0.15) is 0 Å². The summed E-state index contributed by atoms with van der Waals surface area (Å²) >= 11 is 0. The van der Waals surface area contributed by atoms with Crippen LogP contribution in [-0.2, 0) is 11.2 Å². The first-order chi connectivity index (χ1) is 10.7. The first-order valence-corrected chi connectivity index (χ1v) is 8.31. The summed E-state index contributed by atoms with van der Waals surface area (Å²) < 4.78 is 0. The molecule has 0 saturated carbocycles. The second kappa shape index (κ2) is 5.13. The van der Waals surface area contributed by atoms with Crippen molar-refractivity contribution in [2.75, 3.05) is 13.1 Å². The molecule has 3 heterocycles. The molecule has 2 aromatic rings. The summed E-state index contributed by atoms with van der Waals surface area (Å²) in [5, 5.41) is 4.79. The Morgan fingerprint density at radius 2 is 2.27 bits per heavy atom. The van der Waals surface area contributed by atoms with Crippen molar-refractivity contribution in [3.8, 4) is 0 Å². The molecule has 0 radical (unpaired) electrons. The summed E-state index contributed by atoms with van der Waals surface area (Å²) in [5.74, 6) is 0.306. The molecule has 1 aromatic carbocycles. The van der Waals surface area contributed by atoms with E-state index in [-0.39, 0.29) is 5.54 Å². The molecule has 116 valence electrons. The normalized spacial score (nSPS) is 27.5. The number of benzene rings is 1. The number of aromatic nitrogens is 1. The van der Waals surface area contributed by atoms with Crippen molar-refractivity contribution in [1.82, 2.24) is 15.2 Å². The maximum atomic E-state index is 12.5. The minimum atomic E-state index is -0.0448. The lowest BCUT2D eigenvalue weighted by atomic mass is 9.89. The molecule has 2 aliphatic rings. The summed E-state index contributed by atoms with van der Waals surface area (Å²) in [6, 6.07) is 11.0. The standard InChI is InChI=1S/C18H23N3O/c1-2-17(22)21-15-7-8-18(21,12-19-11-15)10-14-9-13-5-3-4-6-16(13)20-14/h3-6,9,15,19-20H,2,7-8,10-12H2,1H3. The van der Waals surface area contributed by atoms with Gasteiger partial charge in [-0.25, -0.2) is 0 Å². The van der Waals surface area contributed by atoms with Gasteiger partial charge in [-0.3, -0.25) is 4.79 Å².